The fraction of sp³-hybridized carbons (Fsp3) is 0.562. The standard InChI is InChI=1S/C16H26N2O3/c1-4-13(17)11-12-7-6-8-14(20-5-2)16(12)21-10-9-15(19)18-3/h6-8,13H,4-5,9-11,17H2,1-3H3,(H,18,19). The molecule has 1 unspecified atom stereocenters. The van der Waals surface area contributed by atoms with E-state index < -0.39 is 0 Å². The maximum Gasteiger partial charge on any atom is 0.223 e. The molecule has 1 aromatic carbocycles. The summed E-state index contributed by atoms with van der Waals surface area (Å²) in [5.41, 5.74) is 7.06. The van der Waals surface area contributed by atoms with Crippen molar-refractivity contribution in [1.82, 2.24) is 5.32 Å². The second-order valence-corrected chi connectivity index (χ2v) is 4.82. The lowest BCUT2D eigenvalue weighted by atomic mass is 10.0. The largest absolute Gasteiger partial charge is 0.490 e. The third kappa shape index (κ3) is 5.63. The zero-order valence-corrected chi connectivity index (χ0v) is 13.1. The highest BCUT2D eigenvalue weighted by atomic mass is 16.5. The number of hydrogen-bond acceptors (Lipinski definition) is 4. The van der Waals surface area contributed by atoms with Crippen LogP contribution in [0.1, 0.15) is 32.3 Å². The van der Waals surface area contributed by atoms with Crippen molar-refractivity contribution < 1.29 is 14.3 Å². The van der Waals surface area contributed by atoms with Crippen LogP contribution in [-0.4, -0.2) is 32.2 Å². The average Bonchev–Trinajstić information content (AvgIpc) is 2.49. The molecule has 0 saturated carbocycles. The monoisotopic (exact) mass is 294 g/mol. The normalized spacial score (nSPS) is 11.8. The minimum absolute atomic E-state index is 0.0456. The van der Waals surface area contributed by atoms with Gasteiger partial charge in [0, 0.05) is 13.1 Å². The van der Waals surface area contributed by atoms with Gasteiger partial charge in [-0.1, -0.05) is 19.1 Å². The maximum atomic E-state index is 11.3. The van der Waals surface area contributed by atoms with Gasteiger partial charge in [-0.05, 0) is 31.4 Å². The number of ether oxygens (including phenoxy) is 2. The molecule has 0 fully saturated rings. The number of benzene rings is 1. The Bertz CT molecular complexity index is 449. The van der Waals surface area contributed by atoms with Crippen molar-refractivity contribution in [2.45, 2.75) is 39.2 Å². The average molecular weight is 294 g/mol. The summed E-state index contributed by atoms with van der Waals surface area (Å²) < 4.78 is 11.4. The second kappa shape index (κ2) is 9.23. The summed E-state index contributed by atoms with van der Waals surface area (Å²) in [5.74, 6) is 1.36. The summed E-state index contributed by atoms with van der Waals surface area (Å²) in [6, 6.07) is 5.89. The lowest BCUT2D eigenvalue weighted by molar-refractivity contribution is -0.121. The summed E-state index contributed by atoms with van der Waals surface area (Å²) in [6.07, 6.45) is 1.94. The SMILES string of the molecule is CCOc1cccc(CC(N)CC)c1OCCC(=O)NC. The van der Waals surface area contributed by atoms with Crippen molar-refractivity contribution in [3.05, 3.63) is 23.8 Å². The van der Waals surface area contributed by atoms with E-state index in [-0.39, 0.29) is 11.9 Å². The number of carbonyl (C=O) groups is 1. The van der Waals surface area contributed by atoms with Crippen LogP contribution >= 0.6 is 0 Å². The molecule has 3 N–H and O–H groups in total. The van der Waals surface area contributed by atoms with E-state index in [0.717, 1.165) is 18.4 Å². The molecular formula is C16H26N2O3. The van der Waals surface area contributed by atoms with E-state index >= 15 is 0 Å². The second-order valence-electron chi connectivity index (χ2n) is 4.82. The van der Waals surface area contributed by atoms with Crippen molar-refractivity contribution in [1.29, 1.82) is 0 Å². The van der Waals surface area contributed by atoms with E-state index in [1.807, 2.05) is 25.1 Å². The predicted molar refractivity (Wildman–Crippen MR) is 83.8 cm³/mol. The van der Waals surface area contributed by atoms with Crippen LogP contribution in [-0.2, 0) is 11.2 Å². The Kier molecular flexibility index (Phi) is 7.61. The maximum absolute atomic E-state index is 11.3. The molecule has 21 heavy (non-hydrogen) atoms. The minimum atomic E-state index is -0.0456. The molecule has 1 amide bonds. The van der Waals surface area contributed by atoms with Gasteiger partial charge in [0.15, 0.2) is 11.5 Å². The molecule has 0 aromatic heterocycles. The number of nitrogens with two attached hydrogens (primary N) is 1. The number of carbonyl (C=O) groups excluding carboxylic acids is 1. The van der Waals surface area contributed by atoms with Crippen LogP contribution in [0, 0.1) is 0 Å². The summed E-state index contributed by atoms with van der Waals surface area (Å²) in [7, 11) is 1.61. The highest BCUT2D eigenvalue weighted by Gasteiger charge is 2.14. The first-order valence-corrected chi connectivity index (χ1v) is 7.45. The molecule has 1 aromatic rings. The van der Waals surface area contributed by atoms with Crippen LogP contribution in [0.5, 0.6) is 11.5 Å². The van der Waals surface area contributed by atoms with E-state index in [1.165, 1.54) is 0 Å². The molecule has 0 bridgehead atoms. The molecule has 0 aliphatic rings. The van der Waals surface area contributed by atoms with Gasteiger partial charge in [-0.2, -0.15) is 0 Å². The molecule has 0 aliphatic heterocycles. The van der Waals surface area contributed by atoms with E-state index in [2.05, 4.69) is 12.2 Å². The number of rotatable bonds is 9. The number of para-hydroxylation sites is 1. The van der Waals surface area contributed by atoms with E-state index in [0.29, 0.717) is 31.1 Å². The van der Waals surface area contributed by atoms with Gasteiger partial charge in [-0.25, -0.2) is 0 Å². The quantitative estimate of drug-likeness (QED) is 0.729. The summed E-state index contributed by atoms with van der Waals surface area (Å²) in [5, 5.41) is 2.58. The van der Waals surface area contributed by atoms with Crippen LogP contribution in [0.25, 0.3) is 0 Å². The Morgan fingerprint density at radius 1 is 1.33 bits per heavy atom. The Hall–Kier alpha value is -1.75. The van der Waals surface area contributed by atoms with Crippen molar-refractivity contribution in [3.63, 3.8) is 0 Å². The van der Waals surface area contributed by atoms with Gasteiger partial charge in [0.05, 0.1) is 19.6 Å². The van der Waals surface area contributed by atoms with Gasteiger partial charge in [0.2, 0.25) is 5.91 Å². The van der Waals surface area contributed by atoms with E-state index in [9.17, 15) is 4.79 Å². The molecule has 5 heteroatoms. The van der Waals surface area contributed by atoms with Gasteiger partial charge in [-0.15, -0.1) is 0 Å². The molecule has 1 rings (SSSR count). The highest BCUT2D eigenvalue weighted by Crippen LogP contribution is 2.32. The van der Waals surface area contributed by atoms with Gasteiger partial charge >= 0.3 is 0 Å². The topological polar surface area (TPSA) is 73.6 Å². The number of nitrogens with one attached hydrogen (secondary N) is 1. The van der Waals surface area contributed by atoms with Gasteiger partial charge in [0.1, 0.15) is 0 Å². The molecule has 0 aliphatic carbocycles. The summed E-state index contributed by atoms with van der Waals surface area (Å²) in [6.45, 7) is 4.87. The van der Waals surface area contributed by atoms with Gasteiger partial charge < -0.3 is 20.5 Å². The first-order chi connectivity index (χ1) is 10.1. The van der Waals surface area contributed by atoms with Crippen LogP contribution in [0.4, 0.5) is 0 Å². The first-order valence-electron chi connectivity index (χ1n) is 7.45. The van der Waals surface area contributed by atoms with Crippen molar-refractivity contribution in [2.24, 2.45) is 5.73 Å². The van der Waals surface area contributed by atoms with Crippen molar-refractivity contribution >= 4 is 5.91 Å². The van der Waals surface area contributed by atoms with E-state index in [4.69, 9.17) is 15.2 Å². The Morgan fingerprint density at radius 3 is 2.71 bits per heavy atom. The molecule has 0 radical (unpaired) electrons. The summed E-state index contributed by atoms with van der Waals surface area (Å²) in [4.78, 5) is 11.3. The first kappa shape index (κ1) is 17.3. The lowest BCUT2D eigenvalue weighted by Gasteiger charge is -2.17. The predicted octanol–water partition coefficient (Wildman–Crippen LogP) is 1.88. The number of hydrogen-bond donors (Lipinski definition) is 2. The zero-order valence-electron chi connectivity index (χ0n) is 13.1. The van der Waals surface area contributed by atoms with Crippen LogP contribution in [0.3, 0.4) is 0 Å². The van der Waals surface area contributed by atoms with Gasteiger partial charge in [-0.3, -0.25) is 4.79 Å². The van der Waals surface area contributed by atoms with Gasteiger partial charge in [0.25, 0.3) is 0 Å². The van der Waals surface area contributed by atoms with Crippen LogP contribution in [0.2, 0.25) is 0 Å². The van der Waals surface area contributed by atoms with Crippen LogP contribution < -0.4 is 20.5 Å². The third-order valence-electron chi connectivity index (χ3n) is 3.22. The molecular weight excluding hydrogens is 268 g/mol. The van der Waals surface area contributed by atoms with E-state index in [1.54, 1.807) is 7.05 Å². The smallest absolute Gasteiger partial charge is 0.223 e. The zero-order chi connectivity index (χ0) is 15.7. The molecule has 0 spiro atoms. The fourth-order valence-corrected chi connectivity index (χ4v) is 1.95. The Labute approximate surface area is 126 Å². The highest BCUT2D eigenvalue weighted by molar-refractivity contribution is 5.75. The molecule has 118 valence electrons. The molecule has 1 atom stereocenters. The third-order valence-corrected chi connectivity index (χ3v) is 3.22. The molecule has 5 nitrogen and oxygen atoms in total. The fourth-order valence-electron chi connectivity index (χ4n) is 1.95. The van der Waals surface area contributed by atoms with Crippen molar-refractivity contribution in [3.8, 4) is 11.5 Å². The Morgan fingerprint density at radius 2 is 2.10 bits per heavy atom. The molecule has 0 heterocycles. The summed E-state index contributed by atoms with van der Waals surface area (Å²) >= 11 is 0. The van der Waals surface area contributed by atoms with Crippen LogP contribution in [0.15, 0.2) is 18.2 Å². The minimum Gasteiger partial charge on any atom is -0.490 e. The molecule has 0 saturated heterocycles. The van der Waals surface area contributed by atoms with Crippen molar-refractivity contribution in [2.75, 3.05) is 20.3 Å². The Balaban J connectivity index is 2.85. The number of amides is 1. The lowest BCUT2D eigenvalue weighted by Crippen LogP contribution is -2.23.